The summed E-state index contributed by atoms with van der Waals surface area (Å²) in [5, 5.41) is 0. The van der Waals surface area contributed by atoms with Crippen LogP contribution in [0.2, 0.25) is 0 Å². The molecule has 0 aliphatic carbocycles. The first-order valence-electron chi connectivity index (χ1n) is 6.21. The van der Waals surface area contributed by atoms with Crippen molar-refractivity contribution >= 4 is 7.26 Å². The van der Waals surface area contributed by atoms with Gasteiger partial charge < -0.3 is 28.4 Å². The van der Waals surface area contributed by atoms with Crippen LogP contribution in [-0.2, 0) is 28.4 Å². The Morgan fingerprint density at radius 3 is 1.47 bits per heavy atom. The van der Waals surface area contributed by atoms with Gasteiger partial charge in [0.25, 0.3) is 0 Å². The van der Waals surface area contributed by atoms with Gasteiger partial charge in [-0.1, -0.05) is 0 Å². The molecule has 0 aromatic carbocycles. The molecule has 0 aromatic rings. The van der Waals surface area contributed by atoms with E-state index >= 15 is 0 Å². The van der Waals surface area contributed by atoms with E-state index in [1.165, 1.54) is 0 Å². The zero-order valence-corrected chi connectivity index (χ0v) is 13.4. The molecule has 0 atom stereocenters. The fourth-order valence-electron chi connectivity index (χ4n) is 1.67. The molecule has 19 heavy (non-hydrogen) atoms. The maximum Gasteiger partial charge on any atom is 0.164 e. The van der Waals surface area contributed by atoms with Gasteiger partial charge in [-0.25, -0.2) is 0 Å². The molecule has 0 aromatic heterocycles. The van der Waals surface area contributed by atoms with E-state index in [1.807, 2.05) is 0 Å². The zero-order chi connectivity index (χ0) is 14.4. The van der Waals surface area contributed by atoms with E-state index < -0.39 is 7.26 Å². The Morgan fingerprint density at radius 1 is 0.526 bits per heavy atom. The summed E-state index contributed by atoms with van der Waals surface area (Å²) >= 11 is 0. The Labute approximate surface area is 117 Å². The summed E-state index contributed by atoms with van der Waals surface area (Å²) in [4.78, 5) is 0. The SMILES string of the molecule is COCCOCCOC[P+](COC)(COC)COC. The second kappa shape index (κ2) is 13.2. The summed E-state index contributed by atoms with van der Waals surface area (Å²) in [7, 11) is 5.19. The molecule has 0 N–H and O–H groups in total. The van der Waals surface area contributed by atoms with Crippen LogP contribution < -0.4 is 0 Å². The van der Waals surface area contributed by atoms with Crippen LogP contribution in [0.15, 0.2) is 0 Å². The van der Waals surface area contributed by atoms with Crippen molar-refractivity contribution in [2.45, 2.75) is 0 Å². The zero-order valence-electron chi connectivity index (χ0n) is 12.6. The van der Waals surface area contributed by atoms with Gasteiger partial charge in [0.05, 0.1) is 26.4 Å². The van der Waals surface area contributed by atoms with Gasteiger partial charge in [0, 0.05) is 28.4 Å². The number of rotatable bonds is 14. The molecule has 0 unspecified atom stereocenters. The third-order valence-corrected chi connectivity index (χ3v) is 5.53. The number of methoxy groups -OCH3 is 4. The maximum atomic E-state index is 5.68. The smallest absolute Gasteiger partial charge is 0.164 e. The lowest BCUT2D eigenvalue weighted by Crippen LogP contribution is -2.18. The highest BCUT2D eigenvalue weighted by molar-refractivity contribution is 7.75. The van der Waals surface area contributed by atoms with Gasteiger partial charge in [0.15, 0.2) is 25.4 Å². The lowest BCUT2D eigenvalue weighted by Gasteiger charge is -2.24. The van der Waals surface area contributed by atoms with Gasteiger partial charge in [-0.15, -0.1) is 0 Å². The van der Waals surface area contributed by atoms with Crippen LogP contribution in [0.3, 0.4) is 0 Å². The Hall–Kier alpha value is 0.190. The summed E-state index contributed by atoms with van der Waals surface area (Å²) in [6, 6.07) is 0. The highest BCUT2D eigenvalue weighted by Gasteiger charge is 2.38. The average Bonchev–Trinajstić information content (AvgIpc) is 2.39. The molecule has 0 heterocycles. The van der Waals surface area contributed by atoms with Crippen LogP contribution in [0.4, 0.5) is 0 Å². The molecule has 0 bridgehead atoms. The topological polar surface area (TPSA) is 55.4 Å². The second-order valence-corrected chi connectivity index (χ2v) is 7.95. The van der Waals surface area contributed by atoms with Gasteiger partial charge >= 0.3 is 0 Å². The van der Waals surface area contributed by atoms with E-state index in [4.69, 9.17) is 28.4 Å². The van der Waals surface area contributed by atoms with Crippen LogP contribution >= 0.6 is 7.26 Å². The monoisotopic (exact) mass is 299 g/mol. The molecular weight excluding hydrogens is 271 g/mol. The predicted octanol–water partition coefficient (Wildman–Crippen LogP) is 1.45. The first kappa shape index (κ1) is 19.2. The summed E-state index contributed by atoms with van der Waals surface area (Å²) in [5.41, 5.74) is 0. The highest BCUT2D eigenvalue weighted by Crippen LogP contribution is 2.58. The van der Waals surface area contributed by atoms with E-state index in [2.05, 4.69) is 0 Å². The fourth-order valence-corrected chi connectivity index (χ4v) is 4.27. The van der Waals surface area contributed by atoms with Crippen molar-refractivity contribution in [3.8, 4) is 0 Å². The highest BCUT2D eigenvalue weighted by atomic mass is 31.2. The summed E-state index contributed by atoms with van der Waals surface area (Å²) in [6.45, 7) is 2.32. The molecule has 0 fully saturated rings. The third kappa shape index (κ3) is 9.68. The van der Waals surface area contributed by atoms with Gasteiger partial charge in [-0.05, 0) is 0 Å². The molecular formula is C12H28O6P+. The van der Waals surface area contributed by atoms with Gasteiger partial charge in [-0.2, -0.15) is 0 Å². The normalized spacial score (nSPS) is 12.0. The fraction of sp³-hybridized carbons (Fsp3) is 1.00. The summed E-state index contributed by atoms with van der Waals surface area (Å²) in [6.07, 6.45) is 2.54. The third-order valence-electron chi connectivity index (χ3n) is 2.38. The molecule has 0 amide bonds. The first-order valence-corrected chi connectivity index (χ1v) is 8.74. The number of hydrogen-bond acceptors (Lipinski definition) is 6. The molecule has 0 spiro atoms. The number of ether oxygens (including phenoxy) is 6. The quantitative estimate of drug-likeness (QED) is 0.357. The van der Waals surface area contributed by atoms with Crippen LogP contribution in [0.5, 0.6) is 0 Å². The van der Waals surface area contributed by atoms with Crippen molar-refractivity contribution in [2.75, 3.05) is 80.3 Å². The van der Waals surface area contributed by atoms with Crippen LogP contribution in [-0.4, -0.2) is 80.3 Å². The average molecular weight is 299 g/mol. The Kier molecular flexibility index (Phi) is 13.3. The molecule has 0 saturated carbocycles. The lowest BCUT2D eigenvalue weighted by atomic mass is 10.7. The Balaban J connectivity index is 3.89. The lowest BCUT2D eigenvalue weighted by molar-refractivity contribution is 0.0336. The van der Waals surface area contributed by atoms with Crippen molar-refractivity contribution in [2.24, 2.45) is 0 Å². The maximum absolute atomic E-state index is 5.68. The van der Waals surface area contributed by atoms with Gasteiger partial charge in [0.2, 0.25) is 0 Å². The van der Waals surface area contributed by atoms with Crippen molar-refractivity contribution in [1.29, 1.82) is 0 Å². The van der Waals surface area contributed by atoms with E-state index in [0.717, 1.165) is 0 Å². The van der Waals surface area contributed by atoms with Crippen molar-refractivity contribution < 1.29 is 28.4 Å². The van der Waals surface area contributed by atoms with Crippen LogP contribution in [0.1, 0.15) is 0 Å². The molecule has 0 radical (unpaired) electrons. The second-order valence-electron chi connectivity index (χ2n) is 4.24. The first-order chi connectivity index (χ1) is 9.24. The Bertz CT molecular complexity index is 176. The van der Waals surface area contributed by atoms with E-state index in [9.17, 15) is 0 Å². The largest absolute Gasteiger partial charge is 0.382 e. The Morgan fingerprint density at radius 2 is 1.00 bits per heavy atom. The van der Waals surface area contributed by atoms with Crippen molar-refractivity contribution in [3.63, 3.8) is 0 Å². The summed E-state index contributed by atoms with van der Waals surface area (Å²) < 4.78 is 31.8. The minimum absolute atomic E-state index is 0.558. The van der Waals surface area contributed by atoms with E-state index in [1.54, 1.807) is 28.4 Å². The predicted molar refractivity (Wildman–Crippen MR) is 76.1 cm³/mol. The van der Waals surface area contributed by atoms with E-state index in [0.29, 0.717) is 51.8 Å². The molecule has 0 saturated heterocycles. The minimum atomic E-state index is -1.53. The van der Waals surface area contributed by atoms with Crippen molar-refractivity contribution in [1.82, 2.24) is 0 Å². The minimum Gasteiger partial charge on any atom is -0.382 e. The number of hydrogen-bond donors (Lipinski definition) is 0. The molecule has 0 rings (SSSR count). The van der Waals surface area contributed by atoms with Crippen molar-refractivity contribution in [3.05, 3.63) is 0 Å². The van der Waals surface area contributed by atoms with Gasteiger partial charge in [0.1, 0.15) is 7.26 Å². The molecule has 0 aliphatic rings. The molecule has 116 valence electrons. The molecule has 6 nitrogen and oxygen atoms in total. The standard InChI is InChI=1S/C12H28O6P/c1-13-5-6-17-7-8-18-12-19(9-14-2,10-15-3)11-16-4/h5-12H2,1-4H3/q+1. The van der Waals surface area contributed by atoms with Crippen LogP contribution in [0, 0.1) is 0 Å². The summed E-state index contributed by atoms with van der Waals surface area (Å²) in [5.74, 6) is 0. The van der Waals surface area contributed by atoms with Crippen LogP contribution in [0.25, 0.3) is 0 Å². The molecule has 7 heteroatoms. The van der Waals surface area contributed by atoms with Gasteiger partial charge in [-0.3, -0.25) is 0 Å². The molecule has 0 aliphatic heterocycles. The van der Waals surface area contributed by atoms with E-state index in [-0.39, 0.29) is 0 Å².